The predicted molar refractivity (Wildman–Crippen MR) is 317 cm³/mol. The van der Waals surface area contributed by atoms with Crippen LogP contribution in [0.2, 0.25) is 0 Å². The van der Waals surface area contributed by atoms with E-state index in [1.54, 1.807) is 0 Å². The molecule has 0 spiro atoms. The molecule has 408 valence electrons. The van der Waals surface area contributed by atoms with Gasteiger partial charge in [-0.1, -0.05) is 309 Å². The highest BCUT2D eigenvalue weighted by molar-refractivity contribution is 5.76. The molecule has 3 N–H and O–H groups in total. The van der Waals surface area contributed by atoms with Gasteiger partial charge in [-0.2, -0.15) is 0 Å². The number of carbonyl (C=O) groups excluding carboxylic acids is 1. The number of carbonyl (C=O) groups is 1. The molecule has 4 heteroatoms. The van der Waals surface area contributed by atoms with Crippen molar-refractivity contribution in [2.24, 2.45) is 0 Å². The van der Waals surface area contributed by atoms with Crippen molar-refractivity contribution in [3.63, 3.8) is 0 Å². The van der Waals surface area contributed by atoms with Gasteiger partial charge in [0.15, 0.2) is 0 Å². The van der Waals surface area contributed by atoms with Crippen LogP contribution in [0, 0.1) is 0 Å². The largest absolute Gasteiger partial charge is 0.394 e. The second-order valence-electron chi connectivity index (χ2n) is 20.4. The zero-order chi connectivity index (χ0) is 51.3. The van der Waals surface area contributed by atoms with E-state index in [2.05, 4.69) is 129 Å². The maximum absolute atomic E-state index is 12.5. The summed E-state index contributed by atoms with van der Waals surface area (Å²) < 4.78 is 0. The van der Waals surface area contributed by atoms with E-state index in [1.165, 1.54) is 180 Å². The van der Waals surface area contributed by atoms with Crippen LogP contribution in [0.3, 0.4) is 0 Å². The first-order chi connectivity index (χ1) is 35.2. The Morgan fingerprint density at radius 2 is 0.620 bits per heavy atom. The molecule has 4 nitrogen and oxygen atoms in total. The van der Waals surface area contributed by atoms with E-state index in [1.807, 2.05) is 0 Å². The van der Waals surface area contributed by atoms with Crippen molar-refractivity contribution in [1.82, 2.24) is 5.32 Å². The van der Waals surface area contributed by atoms with Gasteiger partial charge in [0.1, 0.15) is 0 Å². The minimum absolute atomic E-state index is 0.0391. The lowest BCUT2D eigenvalue weighted by atomic mass is 10.0. The molecule has 0 aliphatic rings. The number of allylic oxidation sites excluding steroid dienone is 18. The van der Waals surface area contributed by atoms with E-state index in [-0.39, 0.29) is 12.5 Å². The molecule has 0 heterocycles. The molecule has 0 aromatic heterocycles. The molecule has 0 fully saturated rings. The first kappa shape index (κ1) is 68.0. The SMILES string of the molecule is CC/C=C\C/C=C\C/C=C\C/C=C\C/C=C\C/C=C\C/C=C\C/C=C\C/C=C\CCCCCCCCCCCC(=O)NC(CO)C(O)CCCCCCCCCCCCCCCCCCCCCCCC. The van der Waals surface area contributed by atoms with Crippen molar-refractivity contribution in [3.05, 3.63) is 109 Å². The van der Waals surface area contributed by atoms with Crippen LogP contribution in [0.15, 0.2) is 109 Å². The summed E-state index contributed by atoms with van der Waals surface area (Å²) in [4.78, 5) is 12.5. The molecular weight excluding hydrogens is 867 g/mol. The Labute approximate surface area is 442 Å². The van der Waals surface area contributed by atoms with Crippen LogP contribution in [0.4, 0.5) is 0 Å². The third-order valence-electron chi connectivity index (χ3n) is 13.5. The summed E-state index contributed by atoms with van der Waals surface area (Å²) in [6, 6.07) is -0.548. The fourth-order valence-electron chi connectivity index (χ4n) is 8.94. The summed E-state index contributed by atoms with van der Waals surface area (Å²) in [5, 5.41) is 23.4. The van der Waals surface area contributed by atoms with E-state index in [9.17, 15) is 15.0 Å². The quantitative estimate of drug-likeness (QED) is 0.0420. The highest BCUT2D eigenvalue weighted by atomic mass is 16.3. The number of unbranched alkanes of at least 4 members (excludes halogenated alkanes) is 30. The van der Waals surface area contributed by atoms with Crippen LogP contribution in [-0.2, 0) is 4.79 Å². The summed E-state index contributed by atoms with van der Waals surface area (Å²) >= 11 is 0. The van der Waals surface area contributed by atoms with Crippen molar-refractivity contribution in [1.29, 1.82) is 0 Å². The van der Waals surface area contributed by atoms with Crippen molar-refractivity contribution in [3.8, 4) is 0 Å². The lowest BCUT2D eigenvalue weighted by Crippen LogP contribution is -2.45. The second kappa shape index (κ2) is 61.4. The molecule has 2 unspecified atom stereocenters. The lowest BCUT2D eigenvalue weighted by molar-refractivity contribution is -0.123. The van der Waals surface area contributed by atoms with E-state index in [4.69, 9.17) is 0 Å². The summed E-state index contributed by atoms with van der Waals surface area (Å²) in [7, 11) is 0. The van der Waals surface area contributed by atoms with Crippen molar-refractivity contribution in [2.75, 3.05) is 6.61 Å². The smallest absolute Gasteiger partial charge is 0.220 e. The summed E-state index contributed by atoms with van der Waals surface area (Å²) in [5.74, 6) is -0.0391. The monoisotopic (exact) mass is 984 g/mol. The molecule has 0 aliphatic carbocycles. The standard InChI is InChI=1S/C67H117NO3/c1-3-5-7-9-11-13-15-17-19-21-23-25-27-28-29-30-31-32-33-34-35-36-37-38-39-40-41-43-45-47-49-51-53-55-57-59-61-63-67(71)68-65(64-69)66(70)62-60-58-56-54-52-50-48-46-44-42-26-24-22-20-18-16-14-12-10-8-6-4-2/h5,7,11,13,17,19,23,25,28-29,31-32,34-35,37-38,40-41,65-66,69-70H,3-4,6,8-10,12,14-16,18,20-22,24,26-27,30,33,36,39,42-64H2,1-2H3,(H,68,71)/b7-5-,13-11-,19-17-,25-23-,29-28-,32-31-,35-34-,38-37-,41-40-. The van der Waals surface area contributed by atoms with Gasteiger partial charge in [-0.3, -0.25) is 4.79 Å². The van der Waals surface area contributed by atoms with Gasteiger partial charge in [0.05, 0.1) is 18.8 Å². The minimum Gasteiger partial charge on any atom is -0.394 e. The molecule has 0 saturated carbocycles. The Kier molecular flexibility index (Phi) is 58.8. The van der Waals surface area contributed by atoms with E-state index in [0.29, 0.717) is 12.8 Å². The summed E-state index contributed by atoms with van der Waals surface area (Å²) in [6.07, 6.45) is 92.3. The average molecular weight is 985 g/mol. The number of hydrogen-bond acceptors (Lipinski definition) is 3. The summed E-state index contributed by atoms with van der Waals surface area (Å²) in [5.41, 5.74) is 0. The van der Waals surface area contributed by atoms with Crippen LogP contribution in [0.25, 0.3) is 0 Å². The molecule has 0 rings (SSSR count). The first-order valence-corrected chi connectivity index (χ1v) is 30.6. The molecule has 1 amide bonds. The molecule has 0 aliphatic heterocycles. The molecule has 2 atom stereocenters. The normalized spacial score (nSPS) is 13.6. The Morgan fingerprint density at radius 3 is 0.930 bits per heavy atom. The number of amides is 1. The molecule has 0 aromatic carbocycles. The number of aliphatic hydroxyl groups is 2. The first-order valence-electron chi connectivity index (χ1n) is 30.6. The molecule has 0 aromatic rings. The topological polar surface area (TPSA) is 69.6 Å². The van der Waals surface area contributed by atoms with Gasteiger partial charge in [-0.15, -0.1) is 0 Å². The molecule has 0 radical (unpaired) electrons. The molecule has 71 heavy (non-hydrogen) atoms. The number of aliphatic hydroxyl groups excluding tert-OH is 2. The third-order valence-corrected chi connectivity index (χ3v) is 13.5. The van der Waals surface area contributed by atoms with Crippen molar-refractivity contribution in [2.45, 2.75) is 302 Å². The van der Waals surface area contributed by atoms with Crippen LogP contribution < -0.4 is 5.32 Å². The third kappa shape index (κ3) is 57.8. The fraction of sp³-hybridized carbons (Fsp3) is 0.716. The average Bonchev–Trinajstić information content (AvgIpc) is 3.37. The molecule has 0 saturated heterocycles. The van der Waals surface area contributed by atoms with Crippen LogP contribution >= 0.6 is 0 Å². The zero-order valence-electron chi connectivity index (χ0n) is 47.0. The predicted octanol–water partition coefficient (Wildman–Crippen LogP) is 20.6. The number of nitrogens with one attached hydrogen (secondary N) is 1. The Balaban J connectivity index is 3.56. The fourth-order valence-corrected chi connectivity index (χ4v) is 8.94. The van der Waals surface area contributed by atoms with Gasteiger partial charge in [-0.25, -0.2) is 0 Å². The highest BCUT2D eigenvalue weighted by Crippen LogP contribution is 2.17. The maximum Gasteiger partial charge on any atom is 0.220 e. The minimum atomic E-state index is -0.670. The maximum atomic E-state index is 12.5. The van der Waals surface area contributed by atoms with Gasteiger partial charge in [0.25, 0.3) is 0 Å². The Hall–Kier alpha value is -2.95. The van der Waals surface area contributed by atoms with Crippen LogP contribution in [0.5, 0.6) is 0 Å². The van der Waals surface area contributed by atoms with Gasteiger partial charge in [-0.05, 0) is 83.5 Å². The van der Waals surface area contributed by atoms with E-state index >= 15 is 0 Å². The van der Waals surface area contributed by atoms with Gasteiger partial charge in [0, 0.05) is 6.42 Å². The lowest BCUT2D eigenvalue weighted by Gasteiger charge is -2.22. The zero-order valence-corrected chi connectivity index (χ0v) is 47.0. The van der Waals surface area contributed by atoms with E-state index in [0.717, 1.165) is 83.5 Å². The Morgan fingerprint density at radius 1 is 0.352 bits per heavy atom. The van der Waals surface area contributed by atoms with Gasteiger partial charge >= 0.3 is 0 Å². The van der Waals surface area contributed by atoms with E-state index < -0.39 is 12.1 Å². The summed E-state index contributed by atoms with van der Waals surface area (Å²) in [6.45, 7) is 4.26. The molecular formula is C67H117NO3. The van der Waals surface area contributed by atoms with Crippen LogP contribution in [-0.4, -0.2) is 34.9 Å². The Bertz CT molecular complexity index is 1350. The number of rotatable bonds is 55. The van der Waals surface area contributed by atoms with Crippen molar-refractivity contribution >= 4 is 5.91 Å². The van der Waals surface area contributed by atoms with Gasteiger partial charge < -0.3 is 15.5 Å². The van der Waals surface area contributed by atoms with Gasteiger partial charge in [0.2, 0.25) is 5.91 Å². The number of hydrogen-bond donors (Lipinski definition) is 3. The second-order valence-corrected chi connectivity index (χ2v) is 20.4. The van der Waals surface area contributed by atoms with Crippen molar-refractivity contribution < 1.29 is 15.0 Å². The molecule has 0 bridgehead atoms. The highest BCUT2D eigenvalue weighted by Gasteiger charge is 2.20. The van der Waals surface area contributed by atoms with Crippen LogP contribution in [0.1, 0.15) is 290 Å².